The van der Waals surface area contributed by atoms with Gasteiger partial charge in [-0.3, -0.25) is 19.7 Å². The van der Waals surface area contributed by atoms with Crippen LogP contribution in [0, 0.1) is 27.7 Å². The first-order valence-corrected chi connectivity index (χ1v) is 48.4. The lowest BCUT2D eigenvalue weighted by Crippen LogP contribution is -2.43. The highest BCUT2D eigenvalue weighted by atomic mass is 79.9. The number of carbonyl (C=O) groups is 3. The Labute approximate surface area is 801 Å². The predicted octanol–water partition coefficient (Wildman–Crippen LogP) is 22.1. The molecule has 7 aliphatic rings. The second kappa shape index (κ2) is 43.4. The van der Waals surface area contributed by atoms with Gasteiger partial charge in [0.1, 0.15) is 36.0 Å². The number of fused-ring (bicyclic) bond motifs is 4. The maximum atomic E-state index is 13.4. The molecule has 11 heterocycles. The maximum absolute atomic E-state index is 13.4. The first-order valence-electron chi connectivity index (χ1n) is 44.1. The summed E-state index contributed by atoms with van der Waals surface area (Å²) in [5.41, 5.74) is 19.7. The number of hydrogen-bond donors (Lipinski definition) is 4. The lowest BCUT2D eigenvalue weighted by atomic mass is 9.73. The van der Waals surface area contributed by atoms with Gasteiger partial charge in [-0.25, -0.2) is 9.59 Å². The highest BCUT2D eigenvalue weighted by molar-refractivity contribution is 9.11. The Kier molecular flexibility index (Phi) is 33.4. The zero-order valence-corrected chi connectivity index (χ0v) is 84.4. The molecule has 0 unspecified atom stereocenters. The monoisotopic (exact) mass is 2050 g/mol. The Morgan fingerprint density at radius 1 is 0.581 bits per heavy atom. The molecule has 1 fully saturated rings. The van der Waals surface area contributed by atoms with Crippen molar-refractivity contribution < 1.29 is 72.0 Å². The van der Waals surface area contributed by atoms with Gasteiger partial charge in [-0.05, 0) is 317 Å². The van der Waals surface area contributed by atoms with Gasteiger partial charge in [0, 0.05) is 107 Å². The SMILES string of the molecule is Brc1ccc2c3c1CCCN3CCO2.CC1(C)OB(c2ccc3c4c2CCCN4CCO3)OC1(C)C.CCOC(=O)[C@@H](OC(C)(C)C)c1c(C)cc2nc(C)ccc2c1-c1ccc2c3c1CCCN3CCN2.CCOC(=O)[C@@H](OC(C)(C)C)c1c(C)cc2nc(C)ccc2c1Br.O=C(O)CCCl.Oc1ccc(Br)c2ccc[n+](CCCl)c12.Oc1ccc(Br)c2cccnc12. The van der Waals surface area contributed by atoms with Gasteiger partial charge in [0.05, 0.1) is 100 Å². The number of halogens is 6. The summed E-state index contributed by atoms with van der Waals surface area (Å²) >= 11 is 24.8. The lowest BCUT2D eigenvalue weighted by molar-refractivity contribution is -0.667. The number of nitrogens with zero attached hydrogens (tertiary/aromatic N) is 7. The number of phenolic OH excluding ortho intramolecular Hbond substituents is 2. The van der Waals surface area contributed by atoms with Gasteiger partial charge < -0.3 is 73.1 Å². The summed E-state index contributed by atoms with van der Waals surface area (Å²) in [7, 11) is -0.285. The number of aryl methyl sites for hydroxylation is 5. The number of aromatic hydroxyl groups is 2. The molecule has 11 aromatic rings. The van der Waals surface area contributed by atoms with E-state index in [0.717, 1.165) is 180 Å². The number of alkyl halides is 2. The summed E-state index contributed by atoms with van der Waals surface area (Å²) in [5, 5.41) is 34.5. The fourth-order valence-corrected chi connectivity index (χ4v) is 19.7. The Morgan fingerprint density at radius 2 is 1.10 bits per heavy atom. The predicted molar refractivity (Wildman–Crippen MR) is 532 cm³/mol. The molecule has 2 atom stereocenters. The third-order valence-electron chi connectivity index (χ3n) is 23.4. The van der Waals surface area contributed by atoms with E-state index in [0.29, 0.717) is 31.2 Å². The lowest BCUT2D eigenvalue weighted by Gasteiger charge is -2.38. The van der Waals surface area contributed by atoms with E-state index in [9.17, 15) is 24.6 Å². The summed E-state index contributed by atoms with van der Waals surface area (Å²) in [6.07, 6.45) is 8.79. The number of nitrogens with one attached hydrogen (secondary N) is 1. The summed E-state index contributed by atoms with van der Waals surface area (Å²) in [4.78, 5) is 56.4. The molecule has 0 bridgehead atoms. The van der Waals surface area contributed by atoms with Crippen molar-refractivity contribution in [2.24, 2.45) is 0 Å². The number of carboxylic acid groups (broad SMARTS) is 1. The Morgan fingerprint density at radius 3 is 1.67 bits per heavy atom. The fraction of sp³-hybridized carbons (Fsp3) is 0.430. The van der Waals surface area contributed by atoms with E-state index in [1.54, 1.807) is 31.3 Å². The van der Waals surface area contributed by atoms with Crippen molar-refractivity contribution in [2.45, 2.75) is 197 Å². The number of anilines is 4. The number of hydrogen-bond acceptors (Lipinski definition) is 20. The van der Waals surface area contributed by atoms with E-state index < -0.39 is 29.4 Å². The van der Waals surface area contributed by atoms with Crippen LogP contribution in [0.15, 0.2) is 152 Å². The first-order chi connectivity index (χ1) is 61.4. The molecule has 0 saturated carbocycles. The first kappa shape index (κ1) is 99.4. The summed E-state index contributed by atoms with van der Waals surface area (Å²) in [6, 6.07) is 39.6. The molecule has 7 aromatic carbocycles. The maximum Gasteiger partial charge on any atom is 0.495 e. The topological polar surface area (TPSA) is 250 Å². The number of carbonyl (C=O) groups excluding carboxylic acids is 2. The van der Waals surface area contributed by atoms with Crippen molar-refractivity contribution in [3.05, 3.63) is 202 Å². The molecule has 29 heteroatoms. The molecule has 1 saturated heterocycles. The fourth-order valence-electron chi connectivity index (χ4n) is 17.0. The number of pyridine rings is 4. The average molecular weight is 2060 g/mol. The molecular weight excluding hydrogens is 1940 g/mol. The number of aliphatic carboxylic acids is 1. The van der Waals surface area contributed by atoms with Crippen LogP contribution >= 0.6 is 86.9 Å². The molecule has 18 rings (SSSR count). The minimum Gasteiger partial charge on any atom is -0.506 e. The second-order valence-corrected chi connectivity index (χ2v) is 39.6. The van der Waals surface area contributed by atoms with E-state index in [1.807, 2.05) is 135 Å². The van der Waals surface area contributed by atoms with Gasteiger partial charge in [-0.15, -0.1) is 23.2 Å². The largest absolute Gasteiger partial charge is 0.506 e. The van der Waals surface area contributed by atoms with Crippen molar-refractivity contribution in [1.82, 2.24) is 15.0 Å². The quantitative estimate of drug-likeness (QED) is 0.0342. The van der Waals surface area contributed by atoms with Crippen LogP contribution in [0.25, 0.3) is 54.7 Å². The highest BCUT2D eigenvalue weighted by Gasteiger charge is 2.53. The number of phenols is 2. The number of esters is 2. The third kappa shape index (κ3) is 23.5. The Hall–Kier alpha value is -8.61. The van der Waals surface area contributed by atoms with E-state index in [4.69, 9.17) is 71.0 Å². The van der Waals surface area contributed by atoms with E-state index >= 15 is 0 Å². The van der Waals surface area contributed by atoms with Gasteiger partial charge in [0.25, 0.3) is 5.52 Å². The molecule has 0 radical (unpaired) electrons. The smallest absolute Gasteiger partial charge is 0.495 e. The molecule has 0 aliphatic carbocycles. The van der Waals surface area contributed by atoms with E-state index in [1.165, 1.54) is 75.2 Å². The zero-order valence-electron chi connectivity index (χ0n) is 76.5. The number of aromatic nitrogens is 4. The van der Waals surface area contributed by atoms with Crippen LogP contribution in [0.1, 0.15) is 171 Å². The van der Waals surface area contributed by atoms with Gasteiger partial charge in [0.2, 0.25) is 0 Å². The van der Waals surface area contributed by atoms with Crippen molar-refractivity contribution in [3.8, 4) is 34.1 Å². The highest BCUT2D eigenvalue weighted by Crippen LogP contribution is 2.50. The van der Waals surface area contributed by atoms with Gasteiger partial charge in [0.15, 0.2) is 30.7 Å². The molecule has 0 amide bonds. The van der Waals surface area contributed by atoms with Gasteiger partial charge in [-0.1, -0.05) is 56.1 Å². The van der Waals surface area contributed by atoms with Crippen LogP contribution in [-0.4, -0.2) is 162 Å². The van der Waals surface area contributed by atoms with Crippen LogP contribution < -0.4 is 39.5 Å². The summed E-state index contributed by atoms with van der Waals surface area (Å²) in [5.74, 6) is 1.72. The van der Waals surface area contributed by atoms with Gasteiger partial charge in [-0.2, -0.15) is 4.57 Å². The Balaban J connectivity index is 0.000000144. The second-order valence-electron chi connectivity index (χ2n) is 35.5. The van der Waals surface area contributed by atoms with Crippen LogP contribution in [0.3, 0.4) is 0 Å². The standard InChI is InChI=1S/C30H37N3O3.C19H24BrNO3.C17H24BNO3.C11H9BrClNO.C11H12BrNO.C9H6BrNO.C3H5ClO2/c1-7-35-29(34)28(36-30(4,5)6)25-18(2)17-24-22(11-10-19(3)32-24)26(25)20-12-13-23-27-21(20)9-8-15-33(27)16-14-31-23;1-7-23-18(22)17(24-19(4,5)6)15-11(2)10-14-13(16(15)20)9-8-12(3)21-14;1-16(2)17(3,4)22-18(21-16)13-7-8-14-15-12(13)6-5-9-19(15)10-11-20-14;12-9-3-4-10(15)11-8(9)2-1-6-14(11)7-5-13;12-9-3-4-10-11-8(9)2-1-5-13(11)6-7-14-10;10-7-3-4-8(12)9-6(7)2-1-5-11-9;4-2-1-3(5)6/h10-13,17,28,31H,7-9,14-16H2,1-6H3;8-10,17H,7H2,1-6H3;7-8H,5-6,9-11H2,1-4H3;1-4,6H,5,7H2;3-4H,1-2,5-7H2;1-5,12H;1-2H2,(H,5,6)/p+1/t28-;17-;;;;;/m00...../s1. The number of benzene rings is 7. The summed E-state index contributed by atoms with van der Waals surface area (Å²) in [6.45, 7) is 42.0. The van der Waals surface area contributed by atoms with Crippen molar-refractivity contribution in [3.63, 3.8) is 0 Å². The van der Waals surface area contributed by atoms with E-state index in [-0.39, 0.29) is 54.1 Å². The molecule has 4 N–H and O–H groups in total. The molecular formula is C100H118BBr4Cl2N8O14+. The minimum absolute atomic E-state index is 0.0571. The molecule has 22 nitrogen and oxygen atoms in total. The van der Waals surface area contributed by atoms with Crippen LogP contribution in [0.5, 0.6) is 23.0 Å². The molecule has 686 valence electrons. The van der Waals surface area contributed by atoms with Crippen molar-refractivity contribution in [1.29, 1.82) is 0 Å². The third-order valence-corrected chi connectivity index (χ3v) is 26.8. The molecule has 7 aliphatic heterocycles. The molecule has 4 aromatic heterocycles. The number of carboxylic acids is 1. The number of rotatable bonds is 14. The zero-order chi connectivity index (χ0) is 93.1. The molecule has 0 spiro atoms. The normalized spacial score (nSPS) is 15.8. The van der Waals surface area contributed by atoms with Crippen LogP contribution in [0.2, 0.25) is 0 Å². The van der Waals surface area contributed by atoms with Gasteiger partial charge >= 0.3 is 25.0 Å². The van der Waals surface area contributed by atoms with E-state index in [2.05, 4.69) is 177 Å². The number of ether oxygens (including phenoxy) is 6. The Bertz CT molecular complexity index is 5860. The van der Waals surface area contributed by atoms with Crippen molar-refractivity contribution >= 4 is 184 Å². The average Bonchev–Trinajstić information content (AvgIpc) is 1.49. The summed E-state index contributed by atoms with van der Waals surface area (Å²) < 4.78 is 53.3. The van der Waals surface area contributed by atoms with Crippen LogP contribution in [-0.2, 0) is 68.4 Å². The minimum atomic E-state index is -0.843. The van der Waals surface area contributed by atoms with Crippen molar-refractivity contribution in [2.75, 3.05) is 104 Å². The molecule has 129 heavy (non-hydrogen) atoms. The van der Waals surface area contributed by atoms with Crippen LogP contribution in [0.4, 0.5) is 22.7 Å².